The molecule has 17 heavy (non-hydrogen) atoms. The van der Waals surface area contributed by atoms with Crippen LogP contribution in [-0.4, -0.2) is 24.2 Å². The van der Waals surface area contributed by atoms with Gasteiger partial charge < -0.3 is 10.1 Å². The van der Waals surface area contributed by atoms with Gasteiger partial charge in [-0.05, 0) is 37.3 Å². The molecule has 92 valence electrons. The van der Waals surface area contributed by atoms with Crippen LogP contribution in [0.15, 0.2) is 18.3 Å². The van der Waals surface area contributed by atoms with Crippen LogP contribution < -0.4 is 10.1 Å². The van der Waals surface area contributed by atoms with E-state index in [2.05, 4.69) is 16.4 Å². The Hall–Kier alpha value is -1.09. The van der Waals surface area contributed by atoms with Crippen LogP contribution in [0, 0.1) is 0 Å². The SMILES string of the molecule is c1cc(OC2CCNC2)ncc1C1CCCC1. The largest absolute Gasteiger partial charge is 0.473 e. The van der Waals surface area contributed by atoms with Crippen LogP contribution in [0.4, 0.5) is 0 Å². The fourth-order valence-electron chi connectivity index (χ4n) is 2.86. The summed E-state index contributed by atoms with van der Waals surface area (Å²) in [5, 5.41) is 3.30. The Labute approximate surface area is 103 Å². The van der Waals surface area contributed by atoms with Gasteiger partial charge in [0.15, 0.2) is 0 Å². The molecule has 1 saturated heterocycles. The van der Waals surface area contributed by atoms with Crippen LogP contribution in [-0.2, 0) is 0 Å². The lowest BCUT2D eigenvalue weighted by atomic mass is 10.00. The van der Waals surface area contributed by atoms with E-state index in [4.69, 9.17) is 4.74 Å². The molecule has 1 aromatic rings. The van der Waals surface area contributed by atoms with Gasteiger partial charge in [-0.1, -0.05) is 18.9 Å². The van der Waals surface area contributed by atoms with Crippen LogP contribution in [0.2, 0.25) is 0 Å². The third kappa shape index (κ3) is 2.60. The van der Waals surface area contributed by atoms with Gasteiger partial charge in [-0.2, -0.15) is 0 Å². The van der Waals surface area contributed by atoms with Gasteiger partial charge in [0.2, 0.25) is 5.88 Å². The number of nitrogens with zero attached hydrogens (tertiary/aromatic N) is 1. The molecule has 1 aromatic heterocycles. The molecule has 1 unspecified atom stereocenters. The predicted molar refractivity (Wildman–Crippen MR) is 67.3 cm³/mol. The van der Waals surface area contributed by atoms with Crippen molar-refractivity contribution < 1.29 is 4.74 Å². The van der Waals surface area contributed by atoms with Crippen molar-refractivity contribution in [3.8, 4) is 5.88 Å². The van der Waals surface area contributed by atoms with Gasteiger partial charge in [-0.3, -0.25) is 0 Å². The second kappa shape index (κ2) is 5.05. The number of rotatable bonds is 3. The number of nitrogens with one attached hydrogen (secondary N) is 1. The molecule has 0 radical (unpaired) electrons. The van der Waals surface area contributed by atoms with E-state index < -0.39 is 0 Å². The molecular formula is C14H20N2O. The molecule has 1 aliphatic carbocycles. The maximum atomic E-state index is 5.82. The highest BCUT2D eigenvalue weighted by Crippen LogP contribution is 2.34. The van der Waals surface area contributed by atoms with E-state index in [1.165, 1.54) is 31.2 Å². The topological polar surface area (TPSA) is 34.1 Å². The van der Waals surface area contributed by atoms with Gasteiger partial charge in [-0.15, -0.1) is 0 Å². The quantitative estimate of drug-likeness (QED) is 0.869. The fourth-order valence-corrected chi connectivity index (χ4v) is 2.86. The Morgan fingerprint density at radius 1 is 1.18 bits per heavy atom. The van der Waals surface area contributed by atoms with Crippen molar-refractivity contribution in [2.24, 2.45) is 0 Å². The maximum absolute atomic E-state index is 5.82. The highest BCUT2D eigenvalue weighted by molar-refractivity contribution is 5.22. The molecule has 2 heterocycles. The Morgan fingerprint density at radius 2 is 2.06 bits per heavy atom. The molecule has 3 heteroatoms. The van der Waals surface area contributed by atoms with Crippen molar-refractivity contribution in [1.82, 2.24) is 10.3 Å². The van der Waals surface area contributed by atoms with Crippen molar-refractivity contribution >= 4 is 0 Å². The summed E-state index contributed by atoms with van der Waals surface area (Å²) in [6.45, 7) is 2.01. The normalized spacial score (nSPS) is 25.3. The van der Waals surface area contributed by atoms with Crippen LogP contribution in [0.1, 0.15) is 43.6 Å². The van der Waals surface area contributed by atoms with Crippen molar-refractivity contribution in [2.75, 3.05) is 13.1 Å². The summed E-state index contributed by atoms with van der Waals surface area (Å²) in [5.41, 5.74) is 1.39. The van der Waals surface area contributed by atoms with E-state index in [-0.39, 0.29) is 0 Å². The second-order valence-electron chi connectivity index (χ2n) is 5.14. The minimum atomic E-state index is 0.305. The third-order valence-electron chi connectivity index (χ3n) is 3.89. The minimum Gasteiger partial charge on any atom is -0.473 e. The van der Waals surface area contributed by atoms with E-state index in [9.17, 15) is 0 Å². The average Bonchev–Trinajstić information content (AvgIpc) is 3.01. The zero-order chi connectivity index (χ0) is 11.5. The number of aromatic nitrogens is 1. The van der Waals surface area contributed by atoms with E-state index in [0.717, 1.165) is 31.3 Å². The zero-order valence-corrected chi connectivity index (χ0v) is 10.2. The number of hydrogen-bond donors (Lipinski definition) is 1. The summed E-state index contributed by atoms with van der Waals surface area (Å²) >= 11 is 0. The standard InChI is InChI=1S/C14H20N2O/c1-2-4-11(3-1)12-5-6-14(16-9-12)17-13-7-8-15-10-13/h5-6,9,11,13,15H,1-4,7-8,10H2. The van der Waals surface area contributed by atoms with Gasteiger partial charge in [0.1, 0.15) is 6.10 Å². The Kier molecular flexibility index (Phi) is 3.27. The molecule has 0 bridgehead atoms. The summed E-state index contributed by atoms with van der Waals surface area (Å²) in [5.74, 6) is 1.52. The molecule has 1 N–H and O–H groups in total. The highest BCUT2D eigenvalue weighted by Gasteiger charge is 2.19. The first-order valence-corrected chi connectivity index (χ1v) is 6.75. The maximum Gasteiger partial charge on any atom is 0.213 e. The highest BCUT2D eigenvalue weighted by atomic mass is 16.5. The lowest BCUT2D eigenvalue weighted by Gasteiger charge is -2.13. The van der Waals surface area contributed by atoms with Gasteiger partial charge >= 0.3 is 0 Å². The monoisotopic (exact) mass is 232 g/mol. The molecule has 3 nitrogen and oxygen atoms in total. The smallest absolute Gasteiger partial charge is 0.213 e. The van der Waals surface area contributed by atoms with E-state index in [0.29, 0.717) is 6.10 Å². The molecule has 3 rings (SSSR count). The molecule has 2 aliphatic rings. The zero-order valence-electron chi connectivity index (χ0n) is 10.2. The first-order chi connectivity index (χ1) is 8.42. The Morgan fingerprint density at radius 3 is 2.71 bits per heavy atom. The molecule has 1 saturated carbocycles. The van der Waals surface area contributed by atoms with Crippen LogP contribution in [0.25, 0.3) is 0 Å². The van der Waals surface area contributed by atoms with Crippen molar-refractivity contribution in [3.05, 3.63) is 23.9 Å². The Bertz CT molecular complexity index is 351. The fraction of sp³-hybridized carbons (Fsp3) is 0.643. The first kappa shape index (κ1) is 11.0. The number of pyridine rings is 1. The number of hydrogen-bond acceptors (Lipinski definition) is 3. The molecule has 0 aromatic carbocycles. The summed E-state index contributed by atoms with van der Waals surface area (Å²) < 4.78 is 5.82. The lowest BCUT2D eigenvalue weighted by Crippen LogP contribution is -2.20. The van der Waals surface area contributed by atoms with Crippen LogP contribution in [0.3, 0.4) is 0 Å². The lowest BCUT2D eigenvalue weighted by molar-refractivity contribution is 0.214. The molecular weight excluding hydrogens is 212 g/mol. The first-order valence-electron chi connectivity index (χ1n) is 6.75. The van der Waals surface area contributed by atoms with E-state index in [1.807, 2.05) is 12.3 Å². The third-order valence-corrected chi connectivity index (χ3v) is 3.89. The summed E-state index contributed by atoms with van der Waals surface area (Å²) in [6, 6.07) is 4.23. The summed E-state index contributed by atoms with van der Waals surface area (Å²) in [6.07, 6.45) is 8.80. The average molecular weight is 232 g/mol. The van der Waals surface area contributed by atoms with Gasteiger partial charge in [-0.25, -0.2) is 4.98 Å². The van der Waals surface area contributed by atoms with Crippen molar-refractivity contribution in [2.45, 2.75) is 44.1 Å². The van der Waals surface area contributed by atoms with Crippen LogP contribution >= 0.6 is 0 Å². The minimum absolute atomic E-state index is 0.305. The van der Waals surface area contributed by atoms with E-state index in [1.54, 1.807) is 0 Å². The van der Waals surface area contributed by atoms with Gasteiger partial charge in [0.05, 0.1) is 0 Å². The molecule has 0 amide bonds. The van der Waals surface area contributed by atoms with Gasteiger partial charge in [0, 0.05) is 18.8 Å². The Balaban J connectivity index is 1.62. The second-order valence-corrected chi connectivity index (χ2v) is 5.14. The van der Waals surface area contributed by atoms with Crippen molar-refractivity contribution in [1.29, 1.82) is 0 Å². The predicted octanol–water partition coefficient (Wildman–Crippen LogP) is 2.48. The number of ether oxygens (including phenoxy) is 1. The molecule has 1 aliphatic heterocycles. The summed E-state index contributed by atoms with van der Waals surface area (Å²) in [4.78, 5) is 4.44. The van der Waals surface area contributed by atoms with Crippen molar-refractivity contribution in [3.63, 3.8) is 0 Å². The molecule has 0 spiro atoms. The summed E-state index contributed by atoms with van der Waals surface area (Å²) in [7, 11) is 0. The van der Waals surface area contributed by atoms with Gasteiger partial charge in [0.25, 0.3) is 0 Å². The molecule has 1 atom stereocenters. The van der Waals surface area contributed by atoms with Crippen LogP contribution in [0.5, 0.6) is 5.88 Å². The molecule has 2 fully saturated rings. The van der Waals surface area contributed by atoms with E-state index >= 15 is 0 Å².